The number of amides is 2. The molecule has 0 aliphatic carbocycles. The summed E-state index contributed by atoms with van der Waals surface area (Å²) in [5, 5.41) is 17.1. The molecule has 37 heavy (non-hydrogen) atoms. The second-order valence-corrected chi connectivity index (χ2v) is 10.3. The molecule has 3 aromatic carbocycles. The molecule has 5 rings (SSSR count). The monoisotopic (exact) mass is 515 g/mol. The van der Waals surface area contributed by atoms with Crippen molar-refractivity contribution in [3.63, 3.8) is 0 Å². The number of anilines is 1. The van der Waals surface area contributed by atoms with E-state index in [1.165, 1.54) is 16.9 Å². The van der Waals surface area contributed by atoms with E-state index in [0.717, 1.165) is 34.2 Å². The minimum Gasteiger partial charge on any atom is -0.508 e. The molecule has 1 aliphatic rings. The summed E-state index contributed by atoms with van der Waals surface area (Å²) in [5.74, 6) is 0.832. The Balaban J connectivity index is 1.15. The Morgan fingerprint density at radius 2 is 1.89 bits per heavy atom. The number of carbonyl (C=O) groups excluding carboxylic acids is 2. The zero-order valence-electron chi connectivity index (χ0n) is 20.9. The lowest BCUT2D eigenvalue weighted by Gasteiger charge is -2.31. The molecule has 1 saturated heterocycles. The van der Waals surface area contributed by atoms with Gasteiger partial charge in [0.1, 0.15) is 17.2 Å². The van der Waals surface area contributed by atoms with Gasteiger partial charge in [0.15, 0.2) is 6.61 Å². The Kier molecular flexibility index (Phi) is 7.10. The normalized spacial score (nSPS) is 14.1. The fourth-order valence-electron chi connectivity index (χ4n) is 4.56. The van der Waals surface area contributed by atoms with Crippen LogP contribution < -0.4 is 10.1 Å². The average molecular weight is 516 g/mol. The van der Waals surface area contributed by atoms with E-state index >= 15 is 0 Å². The highest BCUT2D eigenvalue weighted by atomic mass is 32.1. The number of aryl methyl sites for hydroxylation is 2. The third kappa shape index (κ3) is 5.59. The highest BCUT2D eigenvalue weighted by molar-refractivity contribution is 7.10. The van der Waals surface area contributed by atoms with Crippen LogP contribution in [0, 0.1) is 13.8 Å². The number of hydrogen-bond acceptors (Lipinski definition) is 6. The SMILES string of the molecule is Cc1ccc(OCC(=O)N2CCC(c3nc(C(=O)Nc4cccc5cc(O)ccc45)cs3)CC2)cc1C. The third-order valence-corrected chi connectivity index (χ3v) is 7.91. The standard InChI is InChI=1S/C29H29N3O4S/c1-18-6-8-23(14-19(18)2)36-16-27(34)32-12-10-20(11-13-32)29-31-26(17-37-29)28(35)30-25-5-3-4-21-15-22(33)7-9-24(21)25/h3-9,14-15,17,20,33H,10-13,16H2,1-2H3,(H,30,35). The van der Waals surface area contributed by atoms with Crippen LogP contribution in [-0.2, 0) is 4.79 Å². The average Bonchev–Trinajstić information content (AvgIpc) is 3.40. The van der Waals surface area contributed by atoms with Crippen LogP contribution in [0.2, 0.25) is 0 Å². The molecule has 0 bridgehead atoms. The smallest absolute Gasteiger partial charge is 0.275 e. The van der Waals surface area contributed by atoms with Crippen LogP contribution in [0.4, 0.5) is 5.69 Å². The minimum absolute atomic E-state index is 0.0145. The first-order valence-corrected chi connectivity index (χ1v) is 13.2. The molecule has 0 saturated carbocycles. The molecule has 1 aromatic heterocycles. The van der Waals surface area contributed by atoms with Gasteiger partial charge in [-0.1, -0.05) is 18.2 Å². The summed E-state index contributed by atoms with van der Waals surface area (Å²) >= 11 is 1.49. The Hall–Kier alpha value is -3.91. The van der Waals surface area contributed by atoms with Gasteiger partial charge in [0.05, 0.1) is 5.01 Å². The fourth-order valence-corrected chi connectivity index (χ4v) is 5.53. The topological polar surface area (TPSA) is 91.8 Å². The molecular weight excluding hydrogens is 486 g/mol. The molecule has 0 spiro atoms. The molecular formula is C29H29N3O4S. The van der Waals surface area contributed by atoms with E-state index in [0.29, 0.717) is 30.2 Å². The van der Waals surface area contributed by atoms with Gasteiger partial charge in [-0.3, -0.25) is 9.59 Å². The number of phenols is 1. The Morgan fingerprint density at radius 3 is 2.68 bits per heavy atom. The van der Waals surface area contributed by atoms with Crippen molar-refractivity contribution in [2.45, 2.75) is 32.6 Å². The summed E-state index contributed by atoms with van der Waals surface area (Å²) in [6.07, 6.45) is 1.60. The van der Waals surface area contributed by atoms with Gasteiger partial charge in [-0.05, 0) is 79.6 Å². The minimum atomic E-state index is -0.265. The Bertz CT molecular complexity index is 1460. The number of carbonyl (C=O) groups is 2. The molecule has 0 unspecified atom stereocenters. The number of ether oxygens (including phenoxy) is 1. The molecule has 2 heterocycles. The van der Waals surface area contributed by atoms with E-state index in [4.69, 9.17) is 4.74 Å². The van der Waals surface area contributed by atoms with Gasteiger partial charge in [0.25, 0.3) is 11.8 Å². The molecule has 0 radical (unpaired) electrons. The van der Waals surface area contributed by atoms with Crippen LogP contribution in [0.3, 0.4) is 0 Å². The van der Waals surface area contributed by atoms with E-state index in [9.17, 15) is 14.7 Å². The van der Waals surface area contributed by atoms with Gasteiger partial charge < -0.3 is 20.1 Å². The lowest BCUT2D eigenvalue weighted by Crippen LogP contribution is -2.40. The predicted molar refractivity (Wildman–Crippen MR) is 146 cm³/mol. The zero-order chi connectivity index (χ0) is 25.9. The van der Waals surface area contributed by atoms with Crippen LogP contribution >= 0.6 is 11.3 Å². The van der Waals surface area contributed by atoms with Crippen molar-refractivity contribution in [1.29, 1.82) is 0 Å². The summed E-state index contributed by atoms with van der Waals surface area (Å²) in [6, 6.07) is 16.5. The summed E-state index contributed by atoms with van der Waals surface area (Å²) in [6.45, 7) is 5.39. The number of fused-ring (bicyclic) bond motifs is 1. The second-order valence-electron chi connectivity index (χ2n) is 9.43. The zero-order valence-corrected chi connectivity index (χ0v) is 21.7. The quantitative estimate of drug-likeness (QED) is 0.346. The number of phenolic OH excluding ortho intramolecular Hbond substituents is 1. The number of aromatic hydroxyl groups is 1. The maximum absolute atomic E-state index is 12.9. The summed E-state index contributed by atoms with van der Waals surface area (Å²) < 4.78 is 5.72. The van der Waals surface area contributed by atoms with Crippen molar-refractivity contribution < 1.29 is 19.4 Å². The van der Waals surface area contributed by atoms with Gasteiger partial charge in [-0.25, -0.2) is 4.98 Å². The number of aromatic nitrogens is 1. The maximum atomic E-state index is 12.9. The van der Waals surface area contributed by atoms with Crippen LogP contribution in [-0.4, -0.2) is 46.5 Å². The largest absolute Gasteiger partial charge is 0.508 e. The molecule has 7 nitrogen and oxygen atoms in total. The van der Waals surface area contributed by atoms with Crippen molar-refractivity contribution in [1.82, 2.24) is 9.88 Å². The van der Waals surface area contributed by atoms with E-state index in [2.05, 4.69) is 10.3 Å². The van der Waals surface area contributed by atoms with E-state index in [1.54, 1.807) is 23.6 Å². The number of hydrogen-bond donors (Lipinski definition) is 2. The van der Waals surface area contributed by atoms with Crippen molar-refractivity contribution in [3.8, 4) is 11.5 Å². The summed E-state index contributed by atoms with van der Waals surface area (Å²) in [7, 11) is 0. The first-order valence-electron chi connectivity index (χ1n) is 12.3. The third-order valence-electron chi connectivity index (χ3n) is 6.90. The molecule has 2 N–H and O–H groups in total. The molecule has 4 aromatic rings. The van der Waals surface area contributed by atoms with E-state index < -0.39 is 0 Å². The van der Waals surface area contributed by atoms with Crippen molar-refractivity contribution in [2.75, 3.05) is 25.0 Å². The lowest BCUT2D eigenvalue weighted by atomic mass is 9.97. The molecule has 0 atom stereocenters. The van der Waals surface area contributed by atoms with Crippen LogP contribution in [0.25, 0.3) is 10.8 Å². The molecule has 2 amide bonds. The highest BCUT2D eigenvalue weighted by Crippen LogP contribution is 2.31. The first kappa shape index (κ1) is 24.8. The number of thiazole rings is 1. The molecule has 1 aliphatic heterocycles. The lowest BCUT2D eigenvalue weighted by molar-refractivity contribution is -0.134. The number of rotatable bonds is 6. The van der Waals surface area contributed by atoms with E-state index in [1.807, 2.05) is 55.1 Å². The van der Waals surface area contributed by atoms with Crippen LogP contribution in [0.5, 0.6) is 11.5 Å². The second kappa shape index (κ2) is 10.6. The van der Waals surface area contributed by atoms with Crippen LogP contribution in [0.1, 0.15) is 45.4 Å². The van der Waals surface area contributed by atoms with Crippen molar-refractivity contribution in [2.24, 2.45) is 0 Å². The van der Waals surface area contributed by atoms with E-state index in [-0.39, 0.29) is 30.1 Å². The van der Waals surface area contributed by atoms with Crippen molar-refractivity contribution in [3.05, 3.63) is 81.8 Å². The summed E-state index contributed by atoms with van der Waals surface area (Å²) in [4.78, 5) is 32.0. The Labute approximate surface area is 219 Å². The van der Waals surface area contributed by atoms with Gasteiger partial charge in [0, 0.05) is 35.5 Å². The first-order chi connectivity index (χ1) is 17.9. The number of benzene rings is 3. The van der Waals surface area contributed by atoms with Gasteiger partial charge in [0.2, 0.25) is 0 Å². The molecule has 1 fully saturated rings. The van der Waals surface area contributed by atoms with Crippen molar-refractivity contribution >= 4 is 39.6 Å². The summed E-state index contributed by atoms with van der Waals surface area (Å²) in [5.41, 5.74) is 3.39. The maximum Gasteiger partial charge on any atom is 0.275 e. The van der Waals surface area contributed by atoms with Gasteiger partial charge >= 0.3 is 0 Å². The van der Waals surface area contributed by atoms with Gasteiger partial charge in [-0.15, -0.1) is 11.3 Å². The number of nitrogens with one attached hydrogen (secondary N) is 1. The Morgan fingerprint density at radius 1 is 1.08 bits per heavy atom. The fraction of sp³-hybridized carbons (Fsp3) is 0.276. The number of piperidine rings is 1. The van der Waals surface area contributed by atoms with Gasteiger partial charge in [-0.2, -0.15) is 0 Å². The molecule has 190 valence electrons. The highest BCUT2D eigenvalue weighted by Gasteiger charge is 2.26. The number of nitrogens with zero attached hydrogens (tertiary/aromatic N) is 2. The number of likely N-dealkylation sites (tertiary alicyclic amines) is 1. The van der Waals surface area contributed by atoms with Crippen LogP contribution in [0.15, 0.2) is 60.0 Å². The molecule has 8 heteroatoms. The predicted octanol–water partition coefficient (Wildman–Crippen LogP) is 5.66.